The fourth-order valence-corrected chi connectivity index (χ4v) is 2.99. The molecule has 8 nitrogen and oxygen atoms in total. The molecule has 0 radical (unpaired) electrons. The van der Waals surface area contributed by atoms with Crippen molar-refractivity contribution < 1.29 is 23.8 Å². The van der Waals surface area contributed by atoms with Gasteiger partial charge in [-0.3, -0.25) is 0 Å². The molecule has 2 aromatic rings. The number of nitrogens with zero attached hydrogens (tertiary/aromatic N) is 4. The van der Waals surface area contributed by atoms with Crippen LogP contribution in [0.1, 0.15) is 17.2 Å². The Kier molecular flexibility index (Phi) is 4.53. The monoisotopic (exact) mass is 361 g/mol. The first-order valence-electron chi connectivity index (χ1n) is 7.54. The molecule has 1 amide bonds. The Balaban J connectivity index is 1.96. The molecule has 2 heterocycles. The van der Waals surface area contributed by atoms with Crippen LogP contribution in [-0.4, -0.2) is 45.4 Å². The van der Waals surface area contributed by atoms with E-state index in [-0.39, 0.29) is 36.0 Å². The van der Waals surface area contributed by atoms with E-state index in [0.29, 0.717) is 0 Å². The van der Waals surface area contributed by atoms with Crippen LogP contribution >= 0.6 is 0 Å². The van der Waals surface area contributed by atoms with E-state index in [1.807, 2.05) is 0 Å². The molecule has 0 spiro atoms. The lowest BCUT2D eigenvalue weighted by Crippen LogP contribution is -2.39. The van der Waals surface area contributed by atoms with Gasteiger partial charge in [0.2, 0.25) is 5.95 Å². The first kappa shape index (κ1) is 17.3. The Bertz CT molecular complexity index is 902. The maximum atomic E-state index is 14.2. The highest BCUT2D eigenvalue weighted by atomic mass is 19.1. The highest BCUT2D eigenvalue weighted by Crippen LogP contribution is 2.32. The topological polar surface area (TPSA) is 122 Å². The zero-order valence-corrected chi connectivity index (χ0v) is 13.2. The number of anilines is 1. The van der Waals surface area contributed by atoms with Crippen molar-refractivity contribution in [1.82, 2.24) is 15.3 Å². The number of nitrogens with one attached hydrogen (secondary N) is 1. The molecule has 0 aliphatic carbocycles. The van der Waals surface area contributed by atoms with Crippen molar-refractivity contribution in [1.29, 1.82) is 5.26 Å². The van der Waals surface area contributed by atoms with Crippen molar-refractivity contribution in [2.24, 2.45) is 0 Å². The molecule has 1 aromatic carbocycles. The zero-order valence-electron chi connectivity index (χ0n) is 13.2. The third kappa shape index (κ3) is 3.32. The summed E-state index contributed by atoms with van der Waals surface area (Å²) < 4.78 is 27.7. The SMILES string of the molecule is N#Cc1nc(N2C[C@H](NC(=O)O)[C@@H](c3cc(F)ccc3F)C2)ncc1O. The number of hydrogen-bond donors (Lipinski definition) is 3. The van der Waals surface area contributed by atoms with Gasteiger partial charge in [-0.2, -0.15) is 10.2 Å². The minimum absolute atomic E-state index is 0.0329. The largest absolute Gasteiger partial charge is 0.504 e. The van der Waals surface area contributed by atoms with Crippen molar-refractivity contribution in [3.8, 4) is 11.8 Å². The van der Waals surface area contributed by atoms with Gasteiger partial charge in [-0.1, -0.05) is 0 Å². The lowest BCUT2D eigenvalue weighted by Gasteiger charge is -2.18. The summed E-state index contributed by atoms with van der Waals surface area (Å²) >= 11 is 0. The first-order valence-corrected chi connectivity index (χ1v) is 7.54. The van der Waals surface area contributed by atoms with Crippen LogP contribution in [0.4, 0.5) is 19.5 Å². The number of aromatic nitrogens is 2. The molecule has 2 atom stereocenters. The number of amides is 1. The van der Waals surface area contributed by atoms with Gasteiger partial charge in [0.25, 0.3) is 0 Å². The smallest absolute Gasteiger partial charge is 0.404 e. The summed E-state index contributed by atoms with van der Waals surface area (Å²) in [6.07, 6.45) is -0.251. The van der Waals surface area contributed by atoms with Gasteiger partial charge in [-0.15, -0.1) is 0 Å². The Hall–Kier alpha value is -3.48. The molecule has 1 aliphatic heterocycles. The molecule has 0 saturated carbocycles. The van der Waals surface area contributed by atoms with Crippen LogP contribution in [0.15, 0.2) is 24.4 Å². The van der Waals surface area contributed by atoms with E-state index >= 15 is 0 Å². The predicted octanol–water partition coefficient (Wildman–Crippen LogP) is 1.57. The summed E-state index contributed by atoms with van der Waals surface area (Å²) in [4.78, 5) is 20.4. The Morgan fingerprint density at radius 1 is 1.38 bits per heavy atom. The number of nitriles is 1. The third-order valence-electron chi connectivity index (χ3n) is 4.13. The van der Waals surface area contributed by atoms with Crippen molar-refractivity contribution in [3.05, 3.63) is 47.3 Å². The van der Waals surface area contributed by atoms with Gasteiger partial charge in [0.15, 0.2) is 11.4 Å². The predicted molar refractivity (Wildman–Crippen MR) is 84.7 cm³/mol. The molecule has 0 unspecified atom stereocenters. The lowest BCUT2D eigenvalue weighted by molar-refractivity contribution is 0.189. The van der Waals surface area contributed by atoms with E-state index < -0.39 is 29.7 Å². The van der Waals surface area contributed by atoms with Crippen LogP contribution in [0.5, 0.6) is 5.75 Å². The highest BCUT2D eigenvalue weighted by molar-refractivity contribution is 5.65. The number of hydrogen-bond acceptors (Lipinski definition) is 6. The van der Waals surface area contributed by atoms with Crippen LogP contribution in [-0.2, 0) is 0 Å². The van der Waals surface area contributed by atoms with E-state index in [9.17, 15) is 18.7 Å². The Labute approximate surface area is 146 Å². The molecule has 10 heteroatoms. The maximum absolute atomic E-state index is 14.2. The van der Waals surface area contributed by atoms with Crippen molar-refractivity contribution in [2.45, 2.75) is 12.0 Å². The van der Waals surface area contributed by atoms with E-state index in [0.717, 1.165) is 24.4 Å². The highest BCUT2D eigenvalue weighted by Gasteiger charge is 2.38. The van der Waals surface area contributed by atoms with Gasteiger partial charge in [0.05, 0.1) is 12.2 Å². The van der Waals surface area contributed by atoms with Gasteiger partial charge < -0.3 is 20.4 Å². The third-order valence-corrected chi connectivity index (χ3v) is 4.13. The number of benzene rings is 1. The standard InChI is InChI=1S/C16H13F2N5O3/c17-8-1-2-11(18)9(3-8)10-6-23(7-13(10)22-16(25)26)15-20-5-14(24)12(4-19)21-15/h1-3,5,10,13,22,24H,6-7H2,(H,25,26)/t10-,13+/m1/s1. The van der Waals surface area contributed by atoms with E-state index in [1.54, 1.807) is 6.07 Å². The van der Waals surface area contributed by atoms with Gasteiger partial charge in [-0.25, -0.2) is 18.6 Å². The minimum Gasteiger partial charge on any atom is -0.504 e. The number of aromatic hydroxyl groups is 1. The summed E-state index contributed by atoms with van der Waals surface area (Å²) in [5, 5.41) is 29.8. The second kappa shape index (κ2) is 6.79. The normalized spacial score (nSPS) is 19.2. The minimum atomic E-state index is -1.30. The molecule has 1 aromatic heterocycles. The fourth-order valence-electron chi connectivity index (χ4n) is 2.99. The van der Waals surface area contributed by atoms with Gasteiger partial charge in [0.1, 0.15) is 17.7 Å². The summed E-state index contributed by atoms with van der Waals surface area (Å²) in [5.74, 6) is -2.29. The fraction of sp³-hybridized carbons (Fsp3) is 0.250. The number of carboxylic acid groups (broad SMARTS) is 1. The zero-order chi connectivity index (χ0) is 18.8. The van der Waals surface area contributed by atoms with Crippen molar-refractivity contribution in [2.75, 3.05) is 18.0 Å². The second-order valence-corrected chi connectivity index (χ2v) is 5.75. The quantitative estimate of drug-likeness (QED) is 0.758. The molecule has 1 saturated heterocycles. The number of carbonyl (C=O) groups is 1. The Morgan fingerprint density at radius 3 is 2.85 bits per heavy atom. The molecule has 1 fully saturated rings. The van der Waals surface area contributed by atoms with Crippen molar-refractivity contribution >= 4 is 12.0 Å². The van der Waals surface area contributed by atoms with Crippen LogP contribution in [0.3, 0.4) is 0 Å². The maximum Gasteiger partial charge on any atom is 0.404 e. The molecule has 3 N–H and O–H groups in total. The summed E-state index contributed by atoms with van der Waals surface area (Å²) in [7, 11) is 0. The molecule has 26 heavy (non-hydrogen) atoms. The average Bonchev–Trinajstić information content (AvgIpc) is 3.00. The van der Waals surface area contributed by atoms with Gasteiger partial charge >= 0.3 is 6.09 Å². The van der Waals surface area contributed by atoms with Crippen LogP contribution in [0.25, 0.3) is 0 Å². The molecular formula is C16H13F2N5O3. The first-order chi connectivity index (χ1) is 12.4. The van der Waals surface area contributed by atoms with E-state index in [2.05, 4.69) is 15.3 Å². The molecule has 1 aliphatic rings. The van der Waals surface area contributed by atoms with Gasteiger partial charge in [0, 0.05) is 19.0 Å². The van der Waals surface area contributed by atoms with Crippen molar-refractivity contribution in [3.63, 3.8) is 0 Å². The summed E-state index contributed by atoms with van der Waals surface area (Å²) in [6, 6.07) is 3.96. The summed E-state index contributed by atoms with van der Waals surface area (Å²) in [5.41, 5.74) is -0.205. The number of rotatable bonds is 3. The molecular weight excluding hydrogens is 348 g/mol. The molecule has 3 rings (SSSR count). The second-order valence-electron chi connectivity index (χ2n) is 5.75. The average molecular weight is 361 g/mol. The van der Waals surface area contributed by atoms with Crippen LogP contribution in [0.2, 0.25) is 0 Å². The van der Waals surface area contributed by atoms with Crippen LogP contribution < -0.4 is 10.2 Å². The Morgan fingerprint density at radius 2 is 2.15 bits per heavy atom. The van der Waals surface area contributed by atoms with Crippen LogP contribution in [0, 0.1) is 23.0 Å². The molecule has 0 bridgehead atoms. The summed E-state index contributed by atoms with van der Waals surface area (Å²) in [6.45, 7) is 0.184. The number of halogens is 2. The molecule has 134 valence electrons. The lowest BCUT2D eigenvalue weighted by atomic mass is 9.94. The van der Waals surface area contributed by atoms with Gasteiger partial charge in [-0.05, 0) is 23.8 Å². The van der Waals surface area contributed by atoms with E-state index in [1.165, 1.54) is 4.90 Å². The van der Waals surface area contributed by atoms with E-state index in [4.69, 9.17) is 10.4 Å².